The van der Waals surface area contributed by atoms with Crippen molar-refractivity contribution in [3.8, 4) is 0 Å². The Bertz CT molecular complexity index is 845. The highest BCUT2D eigenvalue weighted by molar-refractivity contribution is 5.87. The first-order valence-electron chi connectivity index (χ1n) is 10.3. The number of pyridine rings is 2. The lowest BCUT2D eigenvalue weighted by Crippen LogP contribution is -2.57. The first-order chi connectivity index (χ1) is 14.2. The minimum Gasteiger partial charge on any atom is -0.352 e. The fourth-order valence-electron chi connectivity index (χ4n) is 4.58. The van der Waals surface area contributed by atoms with Crippen molar-refractivity contribution in [2.75, 3.05) is 13.1 Å². The van der Waals surface area contributed by atoms with Crippen molar-refractivity contribution in [1.29, 1.82) is 0 Å². The average Bonchev–Trinajstić information content (AvgIpc) is 3.12. The fourth-order valence-corrected chi connectivity index (χ4v) is 4.58. The number of amides is 2. The van der Waals surface area contributed by atoms with Crippen molar-refractivity contribution in [2.24, 2.45) is 0 Å². The van der Waals surface area contributed by atoms with E-state index < -0.39 is 5.54 Å². The summed E-state index contributed by atoms with van der Waals surface area (Å²) in [7, 11) is 0. The summed E-state index contributed by atoms with van der Waals surface area (Å²) in [5.74, 6) is 0.0266. The van der Waals surface area contributed by atoms with Gasteiger partial charge in [-0.1, -0.05) is 12.1 Å². The monoisotopic (exact) mass is 393 g/mol. The average molecular weight is 393 g/mol. The molecule has 2 atom stereocenters. The van der Waals surface area contributed by atoms with E-state index in [1.807, 2.05) is 30.3 Å². The Balaban J connectivity index is 1.39. The van der Waals surface area contributed by atoms with Crippen molar-refractivity contribution in [1.82, 2.24) is 25.5 Å². The van der Waals surface area contributed by atoms with Crippen LogP contribution in [-0.4, -0.2) is 51.4 Å². The number of rotatable bonds is 6. The van der Waals surface area contributed by atoms with Gasteiger partial charge in [0.05, 0.1) is 18.7 Å². The van der Waals surface area contributed by atoms with Crippen molar-refractivity contribution in [2.45, 2.75) is 50.2 Å². The number of carbonyl (C=O) groups excluding carboxylic acids is 2. The van der Waals surface area contributed by atoms with Gasteiger partial charge in [-0.25, -0.2) is 0 Å². The van der Waals surface area contributed by atoms with Crippen LogP contribution in [0.3, 0.4) is 0 Å². The van der Waals surface area contributed by atoms with Gasteiger partial charge in [0, 0.05) is 31.2 Å². The summed E-state index contributed by atoms with van der Waals surface area (Å²) < 4.78 is 0. The molecule has 2 aliphatic heterocycles. The molecule has 7 nitrogen and oxygen atoms in total. The molecule has 0 aliphatic carbocycles. The predicted molar refractivity (Wildman–Crippen MR) is 109 cm³/mol. The Morgan fingerprint density at radius 3 is 2.90 bits per heavy atom. The molecule has 0 radical (unpaired) electrons. The maximum Gasteiger partial charge on any atom is 0.240 e. The van der Waals surface area contributed by atoms with Gasteiger partial charge >= 0.3 is 0 Å². The van der Waals surface area contributed by atoms with Crippen LogP contribution in [0, 0.1) is 0 Å². The molecule has 2 N–H and O–H groups in total. The zero-order valence-corrected chi connectivity index (χ0v) is 16.5. The molecule has 2 aromatic rings. The summed E-state index contributed by atoms with van der Waals surface area (Å²) in [5.41, 5.74) is 1.21. The number of fused-ring (bicyclic) bond motifs is 1. The summed E-state index contributed by atoms with van der Waals surface area (Å²) >= 11 is 0. The third-order valence-corrected chi connectivity index (χ3v) is 5.93. The van der Waals surface area contributed by atoms with Gasteiger partial charge in [0.1, 0.15) is 5.54 Å². The van der Waals surface area contributed by atoms with Gasteiger partial charge in [-0.05, 0) is 56.0 Å². The van der Waals surface area contributed by atoms with E-state index in [1.165, 1.54) is 0 Å². The SMILES string of the molecule is O=C(Cc1cccnc1)N[C@@H]1CN2CCCC[C@@]2(C(=O)NCc2ccccn2)C1. The zero-order chi connectivity index (χ0) is 20.1. The lowest BCUT2D eigenvalue weighted by atomic mass is 9.84. The lowest BCUT2D eigenvalue weighted by Gasteiger charge is -2.40. The van der Waals surface area contributed by atoms with Crippen LogP contribution in [0.2, 0.25) is 0 Å². The highest BCUT2D eigenvalue weighted by atomic mass is 16.2. The van der Waals surface area contributed by atoms with Gasteiger partial charge in [-0.2, -0.15) is 0 Å². The molecule has 0 unspecified atom stereocenters. The van der Waals surface area contributed by atoms with E-state index in [1.54, 1.807) is 18.6 Å². The van der Waals surface area contributed by atoms with E-state index in [0.717, 1.165) is 43.6 Å². The van der Waals surface area contributed by atoms with Crippen LogP contribution < -0.4 is 10.6 Å². The maximum absolute atomic E-state index is 13.2. The third kappa shape index (κ3) is 4.45. The van der Waals surface area contributed by atoms with Crippen LogP contribution in [-0.2, 0) is 22.6 Å². The number of aromatic nitrogens is 2. The van der Waals surface area contributed by atoms with Gasteiger partial charge in [0.25, 0.3) is 0 Å². The minimum atomic E-state index is -0.528. The number of hydrogen-bond donors (Lipinski definition) is 2. The molecule has 0 saturated carbocycles. The zero-order valence-electron chi connectivity index (χ0n) is 16.5. The van der Waals surface area contributed by atoms with Gasteiger partial charge in [-0.3, -0.25) is 24.5 Å². The summed E-state index contributed by atoms with van der Waals surface area (Å²) in [6.07, 6.45) is 9.05. The summed E-state index contributed by atoms with van der Waals surface area (Å²) in [5, 5.41) is 6.22. The summed E-state index contributed by atoms with van der Waals surface area (Å²) in [6.45, 7) is 2.04. The summed E-state index contributed by atoms with van der Waals surface area (Å²) in [6, 6.07) is 9.41. The molecule has 2 fully saturated rings. The highest BCUT2D eigenvalue weighted by Crippen LogP contribution is 2.38. The van der Waals surface area contributed by atoms with Crippen molar-refractivity contribution >= 4 is 11.8 Å². The van der Waals surface area contributed by atoms with Crippen LogP contribution >= 0.6 is 0 Å². The predicted octanol–water partition coefficient (Wildman–Crippen LogP) is 1.45. The van der Waals surface area contributed by atoms with Crippen LogP contribution in [0.25, 0.3) is 0 Å². The van der Waals surface area contributed by atoms with Crippen molar-refractivity contribution in [3.63, 3.8) is 0 Å². The topological polar surface area (TPSA) is 87.2 Å². The molecule has 0 aromatic carbocycles. The second-order valence-electron chi connectivity index (χ2n) is 7.95. The maximum atomic E-state index is 13.2. The lowest BCUT2D eigenvalue weighted by molar-refractivity contribution is -0.134. The minimum absolute atomic E-state index is 0.0159. The van der Waals surface area contributed by atoms with Crippen LogP contribution in [0.4, 0.5) is 0 Å². The Kier molecular flexibility index (Phi) is 5.85. The van der Waals surface area contributed by atoms with Crippen molar-refractivity contribution < 1.29 is 9.59 Å². The van der Waals surface area contributed by atoms with E-state index in [2.05, 4.69) is 25.5 Å². The van der Waals surface area contributed by atoms with E-state index >= 15 is 0 Å². The highest BCUT2D eigenvalue weighted by Gasteiger charge is 2.52. The fraction of sp³-hybridized carbons (Fsp3) is 0.455. The van der Waals surface area contributed by atoms with Gasteiger partial charge in [-0.15, -0.1) is 0 Å². The first-order valence-corrected chi connectivity index (χ1v) is 10.3. The van der Waals surface area contributed by atoms with E-state index in [0.29, 0.717) is 19.4 Å². The number of carbonyl (C=O) groups is 2. The standard InChI is InChI=1S/C22H27N5O2/c28-20(12-17-6-5-9-23-14-17)26-19-13-22(8-2-4-11-27(22)16-19)21(29)25-15-18-7-1-3-10-24-18/h1,3,5-7,9-10,14,19H,2,4,8,11-13,15-16H2,(H,25,29)(H,26,28)/t19-,22-/m0/s1. The van der Waals surface area contributed by atoms with Crippen molar-refractivity contribution in [3.05, 3.63) is 60.2 Å². The van der Waals surface area contributed by atoms with E-state index in [4.69, 9.17) is 0 Å². The summed E-state index contributed by atoms with van der Waals surface area (Å²) in [4.78, 5) is 36.3. The Labute approximate surface area is 170 Å². The molecular weight excluding hydrogens is 366 g/mol. The molecule has 0 bridgehead atoms. The molecule has 2 aromatic heterocycles. The number of nitrogens with zero attached hydrogens (tertiary/aromatic N) is 3. The normalized spacial score (nSPS) is 23.9. The smallest absolute Gasteiger partial charge is 0.240 e. The Morgan fingerprint density at radius 1 is 1.17 bits per heavy atom. The molecule has 152 valence electrons. The second kappa shape index (κ2) is 8.69. The molecule has 4 heterocycles. The molecule has 2 amide bonds. The molecule has 4 rings (SSSR count). The molecular formula is C22H27N5O2. The number of hydrogen-bond acceptors (Lipinski definition) is 5. The largest absolute Gasteiger partial charge is 0.352 e. The molecule has 2 aliphatic rings. The molecule has 7 heteroatoms. The number of nitrogens with one attached hydrogen (secondary N) is 2. The molecule has 0 spiro atoms. The second-order valence-corrected chi connectivity index (χ2v) is 7.95. The van der Waals surface area contributed by atoms with Gasteiger partial charge in [0.2, 0.25) is 11.8 Å². The van der Waals surface area contributed by atoms with Gasteiger partial charge in [0.15, 0.2) is 0 Å². The van der Waals surface area contributed by atoms with E-state index in [-0.39, 0.29) is 17.9 Å². The molecule has 29 heavy (non-hydrogen) atoms. The molecule has 2 saturated heterocycles. The first kappa shape index (κ1) is 19.5. The Hall–Kier alpha value is -2.80. The van der Waals surface area contributed by atoms with Crippen LogP contribution in [0.5, 0.6) is 0 Å². The van der Waals surface area contributed by atoms with E-state index in [9.17, 15) is 9.59 Å². The van der Waals surface area contributed by atoms with Crippen LogP contribution in [0.1, 0.15) is 36.9 Å². The third-order valence-electron chi connectivity index (χ3n) is 5.93. The van der Waals surface area contributed by atoms with Crippen LogP contribution in [0.15, 0.2) is 48.9 Å². The quantitative estimate of drug-likeness (QED) is 0.776. The van der Waals surface area contributed by atoms with Gasteiger partial charge < -0.3 is 10.6 Å². The Morgan fingerprint density at radius 2 is 2.10 bits per heavy atom. The number of piperidine rings is 1.